The van der Waals surface area contributed by atoms with E-state index in [-0.39, 0.29) is 5.96 Å². The molecule has 0 unspecified atom stereocenters. The molecule has 0 aromatic rings. The molecule has 0 aromatic heterocycles. The number of rotatable bonds is 4. The van der Waals surface area contributed by atoms with Gasteiger partial charge in [-0.1, -0.05) is 6.42 Å². The Hall–Kier alpha value is -1.26. The smallest absolute Gasteiger partial charge is 0.293 e. The molecule has 0 saturated heterocycles. The molecule has 0 bridgehead atoms. The van der Waals surface area contributed by atoms with Gasteiger partial charge in [-0.2, -0.15) is 0 Å². The molecule has 0 heterocycles. The lowest BCUT2D eigenvalue weighted by molar-refractivity contribution is -0.145. The second-order valence-corrected chi connectivity index (χ2v) is 3.70. The average Bonchev–Trinajstić information content (AvgIpc) is 2.17. The summed E-state index contributed by atoms with van der Waals surface area (Å²) in [5.74, 6) is 0.0458. The van der Waals surface area contributed by atoms with Crippen LogP contribution >= 0.6 is 0 Å². The van der Waals surface area contributed by atoms with Crippen molar-refractivity contribution in [2.75, 3.05) is 6.54 Å². The maximum absolute atomic E-state index is 10.4. The van der Waals surface area contributed by atoms with Gasteiger partial charge in [0, 0.05) is 0 Å². The Morgan fingerprint density at radius 3 is 2.50 bits per heavy atom. The largest absolute Gasteiger partial charge is 0.459 e. The first kappa shape index (κ1) is 10.8. The van der Waals surface area contributed by atoms with Gasteiger partial charge in [0.15, 0.2) is 5.96 Å². The van der Waals surface area contributed by atoms with Gasteiger partial charge in [0.1, 0.15) is 5.60 Å². The molecule has 1 aliphatic rings. The van der Waals surface area contributed by atoms with Crippen LogP contribution in [0, 0.1) is 0 Å². The summed E-state index contributed by atoms with van der Waals surface area (Å²) in [5, 5.41) is 0. The van der Waals surface area contributed by atoms with Crippen molar-refractivity contribution < 1.29 is 9.53 Å². The highest BCUT2D eigenvalue weighted by Crippen LogP contribution is 2.31. The van der Waals surface area contributed by atoms with Gasteiger partial charge in [-0.3, -0.25) is 4.79 Å². The molecule has 1 aliphatic carbocycles. The van der Waals surface area contributed by atoms with E-state index in [1.54, 1.807) is 0 Å². The van der Waals surface area contributed by atoms with E-state index < -0.39 is 5.60 Å². The van der Waals surface area contributed by atoms with Crippen molar-refractivity contribution in [1.82, 2.24) is 0 Å². The minimum Gasteiger partial charge on any atom is -0.459 e. The Balaban J connectivity index is 2.59. The minimum atomic E-state index is -0.454. The number of carbonyl (C=O) groups excluding carboxylic acids is 1. The van der Waals surface area contributed by atoms with Gasteiger partial charge in [0.05, 0.1) is 6.54 Å². The Bertz CT molecular complexity index is 218. The van der Waals surface area contributed by atoms with Gasteiger partial charge in [-0.15, -0.1) is 0 Å². The summed E-state index contributed by atoms with van der Waals surface area (Å²) >= 11 is 0. The van der Waals surface area contributed by atoms with Crippen molar-refractivity contribution in [2.45, 2.75) is 37.7 Å². The van der Waals surface area contributed by atoms with Crippen LogP contribution in [0.3, 0.4) is 0 Å². The van der Waals surface area contributed by atoms with E-state index in [1.165, 1.54) is 6.42 Å². The van der Waals surface area contributed by atoms with Crippen molar-refractivity contribution in [1.29, 1.82) is 0 Å². The second-order valence-electron chi connectivity index (χ2n) is 3.70. The summed E-state index contributed by atoms with van der Waals surface area (Å²) < 4.78 is 5.12. The number of ether oxygens (including phenoxy) is 1. The molecule has 1 rings (SSSR count). The Morgan fingerprint density at radius 1 is 1.36 bits per heavy atom. The highest BCUT2D eigenvalue weighted by atomic mass is 16.5. The minimum absolute atomic E-state index is 0.0458. The number of hydrogen-bond acceptors (Lipinski definition) is 3. The zero-order valence-corrected chi connectivity index (χ0v) is 8.24. The standard InChI is InChI=1S/C9H17N3O2/c10-8(11)12-6-9(14-7-13)4-2-1-3-5-9/h7H,1-6H2,(H4,10,11,12). The topological polar surface area (TPSA) is 90.7 Å². The fourth-order valence-corrected chi connectivity index (χ4v) is 1.85. The second kappa shape index (κ2) is 4.83. The summed E-state index contributed by atoms with van der Waals surface area (Å²) in [5.41, 5.74) is 10.0. The average molecular weight is 199 g/mol. The van der Waals surface area contributed by atoms with Crippen molar-refractivity contribution in [2.24, 2.45) is 16.5 Å². The molecule has 4 N–H and O–H groups in total. The molecule has 1 saturated carbocycles. The molecule has 80 valence electrons. The van der Waals surface area contributed by atoms with E-state index >= 15 is 0 Å². The van der Waals surface area contributed by atoms with Crippen LogP contribution in [0.1, 0.15) is 32.1 Å². The summed E-state index contributed by atoms with van der Waals surface area (Å²) in [6, 6.07) is 0. The van der Waals surface area contributed by atoms with Gasteiger partial charge in [0.2, 0.25) is 0 Å². The molecule has 0 aliphatic heterocycles. The SMILES string of the molecule is NC(N)=NCC1(OC=O)CCCCC1. The van der Waals surface area contributed by atoms with Gasteiger partial charge in [-0.05, 0) is 25.7 Å². The number of hydrogen-bond donors (Lipinski definition) is 2. The van der Waals surface area contributed by atoms with Gasteiger partial charge < -0.3 is 16.2 Å². The van der Waals surface area contributed by atoms with Crippen LogP contribution in [-0.2, 0) is 9.53 Å². The first-order valence-corrected chi connectivity index (χ1v) is 4.85. The van der Waals surface area contributed by atoms with Crippen molar-refractivity contribution in [3.8, 4) is 0 Å². The van der Waals surface area contributed by atoms with Crippen LogP contribution in [0.25, 0.3) is 0 Å². The Labute approximate surface area is 83.5 Å². The van der Waals surface area contributed by atoms with Crippen LogP contribution in [0.5, 0.6) is 0 Å². The van der Waals surface area contributed by atoms with Crippen LogP contribution in [-0.4, -0.2) is 24.6 Å². The Kier molecular flexibility index (Phi) is 3.73. The monoisotopic (exact) mass is 199 g/mol. The van der Waals surface area contributed by atoms with E-state index in [0.29, 0.717) is 13.0 Å². The maximum Gasteiger partial charge on any atom is 0.293 e. The van der Waals surface area contributed by atoms with Crippen molar-refractivity contribution in [3.63, 3.8) is 0 Å². The summed E-state index contributed by atoms with van der Waals surface area (Å²) in [6.07, 6.45) is 5.01. The molecular weight excluding hydrogens is 182 g/mol. The van der Waals surface area contributed by atoms with Gasteiger partial charge >= 0.3 is 0 Å². The zero-order valence-electron chi connectivity index (χ0n) is 8.24. The molecule has 5 nitrogen and oxygen atoms in total. The molecule has 0 atom stereocenters. The molecule has 5 heteroatoms. The lowest BCUT2D eigenvalue weighted by atomic mass is 9.85. The fourth-order valence-electron chi connectivity index (χ4n) is 1.85. The number of guanidine groups is 1. The maximum atomic E-state index is 10.4. The Morgan fingerprint density at radius 2 is 2.00 bits per heavy atom. The van der Waals surface area contributed by atoms with E-state index in [2.05, 4.69) is 4.99 Å². The first-order valence-electron chi connectivity index (χ1n) is 4.85. The van der Waals surface area contributed by atoms with E-state index in [4.69, 9.17) is 16.2 Å². The van der Waals surface area contributed by atoms with Gasteiger partial charge in [-0.25, -0.2) is 4.99 Å². The molecule has 14 heavy (non-hydrogen) atoms. The third-order valence-corrected chi connectivity index (χ3v) is 2.61. The zero-order chi connectivity index (χ0) is 10.4. The van der Waals surface area contributed by atoms with E-state index in [1.807, 2.05) is 0 Å². The quantitative estimate of drug-likeness (QED) is 0.382. The summed E-state index contributed by atoms with van der Waals surface area (Å²) in [6.45, 7) is 0.877. The highest BCUT2D eigenvalue weighted by Gasteiger charge is 2.33. The van der Waals surface area contributed by atoms with E-state index in [0.717, 1.165) is 25.7 Å². The summed E-state index contributed by atoms with van der Waals surface area (Å²) in [4.78, 5) is 14.3. The van der Waals surface area contributed by atoms with Crippen LogP contribution in [0.2, 0.25) is 0 Å². The third kappa shape index (κ3) is 2.90. The number of aliphatic imine (C=N–C) groups is 1. The lowest BCUT2D eigenvalue weighted by Crippen LogP contribution is -2.39. The lowest BCUT2D eigenvalue weighted by Gasteiger charge is -2.33. The predicted octanol–water partition coefficient (Wildman–Crippen LogP) is 0.136. The molecule has 0 aromatic carbocycles. The molecule has 0 radical (unpaired) electrons. The molecule has 0 amide bonds. The van der Waals surface area contributed by atoms with Crippen LogP contribution < -0.4 is 11.5 Å². The van der Waals surface area contributed by atoms with Crippen molar-refractivity contribution >= 4 is 12.4 Å². The highest BCUT2D eigenvalue weighted by molar-refractivity contribution is 5.75. The predicted molar refractivity (Wildman–Crippen MR) is 53.6 cm³/mol. The number of carbonyl (C=O) groups is 1. The normalized spacial score (nSPS) is 19.7. The van der Waals surface area contributed by atoms with Crippen LogP contribution in [0.15, 0.2) is 4.99 Å². The van der Waals surface area contributed by atoms with Gasteiger partial charge in [0.25, 0.3) is 6.47 Å². The fraction of sp³-hybridized carbons (Fsp3) is 0.778. The molecule has 0 spiro atoms. The first-order chi connectivity index (χ1) is 6.68. The molecular formula is C9H17N3O2. The van der Waals surface area contributed by atoms with Crippen molar-refractivity contribution in [3.05, 3.63) is 0 Å². The molecule has 1 fully saturated rings. The third-order valence-electron chi connectivity index (χ3n) is 2.61. The van der Waals surface area contributed by atoms with Crippen LogP contribution in [0.4, 0.5) is 0 Å². The number of nitrogens with zero attached hydrogens (tertiary/aromatic N) is 1. The summed E-state index contributed by atoms with van der Waals surface area (Å²) in [7, 11) is 0. The number of nitrogens with two attached hydrogens (primary N) is 2. The van der Waals surface area contributed by atoms with E-state index in [9.17, 15) is 4.79 Å².